The van der Waals surface area contributed by atoms with Gasteiger partial charge in [0.1, 0.15) is 0 Å². The van der Waals surface area contributed by atoms with Crippen LogP contribution in [0.3, 0.4) is 0 Å². The average molecular weight is 228 g/mol. The normalized spacial score (nSPS) is 22.4. The fourth-order valence-electron chi connectivity index (χ4n) is 1.50. The predicted molar refractivity (Wildman–Crippen MR) is 61.5 cm³/mol. The van der Waals surface area contributed by atoms with Crippen molar-refractivity contribution in [3.05, 3.63) is 35.9 Å². The Labute approximate surface area is 93.8 Å². The zero-order chi connectivity index (χ0) is 10.4. The fraction of sp³-hybridized carbons (Fsp3) is 0.364. The molecule has 0 radical (unpaired) electrons. The second-order valence-corrected chi connectivity index (χ2v) is 5.29. The largest absolute Gasteiger partial charge is 0.276 e. The first-order chi connectivity index (χ1) is 6.45. The summed E-state index contributed by atoms with van der Waals surface area (Å²) in [6, 6.07) is 9.79. The topological polar surface area (TPSA) is 12.4 Å². The molecule has 0 spiro atoms. The summed E-state index contributed by atoms with van der Waals surface area (Å²) in [7, 11) is 0. The minimum absolute atomic E-state index is 0.388. The third-order valence-corrected chi connectivity index (χ3v) is 3.79. The van der Waals surface area contributed by atoms with Gasteiger partial charge < -0.3 is 0 Å². The Morgan fingerprint density at radius 3 is 2.07 bits per heavy atom. The lowest BCUT2D eigenvalue weighted by atomic mass is 9.86. The van der Waals surface area contributed by atoms with Crippen molar-refractivity contribution in [2.45, 2.75) is 23.7 Å². The van der Waals surface area contributed by atoms with Gasteiger partial charge in [-0.05, 0) is 19.4 Å². The van der Waals surface area contributed by atoms with E-state index >= 15 is 0 Å². The molecule has 0 bridgehead atoms. The summed E-state index contributed by atoms with van der Waals surface area (Å²) in [6.07, 6.45) is 0. The molecule has 1 aliphatic rings. The molecule has 0 unspecified atom stereocenters. The lowest BCUT2D eigenvalue weighted by Gasteiger charge is -2.44. The molecular weight excluding hydrogens is 217 g/mol. The first-order valence-corrected chi connectivity index (χ1v) is 5.24. The highest BCUT2D eigenvalue weighted by Gasteiger charge is 2.54. The summed E-state index contributed by atoms with van der Waals surface area (Å²) >= 11 is 12.5. The molecule has 3 heteroatoms. The number of aliphatic imine (C=N–C) groups is 1. The van der Waals surface area contributed by atoms with Crippen molar-refractivity contribution in [2.24, 2.45) is 4.99 Å². The third-order valence-electron chi connectivity index (χ3n) is 2.50. The maximum atomic E-state index is 6.23. The molecule has 14 heavy (non-hydrogen) atoms. The molecular formula is C11H11Cl2N. The first-order valence-electron chi connectivity index (χ1n) is 4.49. The van der Waals surface area contributed by atoms with Gasteiger partial charge in [-0.15, -0.1) is 0 Å². The van der Waals surface area contributed by atoms with Gasteiger partial charge in [0.15, 0.2) is 4.33 Å². The van der Waals surface area contributed by atoms with Crippen molar-refractivity contribution in [2.75, 3.05) is 0 Å². The highest BCUT2D eigenvalue weighted by molar-refractivity contribution is 6.63. The van der Waals surface area contributed by atoms with Crippen LogP contribution in [0.5, 0.6) is 0 Å². The third kappa shape index (κ3) is 1.27. The molecule has 0 aromatic heterocycles. The zero-order valence-electron chi connectivity index (χ0n) is 8.09. The molecule has 0 amide bonds. The molecule has 0 N–H and O–H groups in total. The summed E-state index contributed by atoms with van der Waals surface area (Å²) in [5.74, 6) is 0. The number of nitrogens with zero attached hydrogens (tertiary/aromatic N) is 1. The number of benzene rings is 1. The first kappa shape index (κ1) is 10.0. The van der Waals surface area contributed by atoms with Crippen LogP contribution in [0.1, 0.15) is 19.4 Å². The molecule has 1 heterocycles. The fourth-order valence-corrected chi connectivity index (χ4v) is 1.89. The van der Waals surface area contributed by atoms with Crippen molar-refractivity contribution in [1.29, 1.82) is 0 Å². The SMILES string of the molecule is CC1(C)N=C(c2ccccc2)C1(Cl)Cl. The van der Waals surface area contributed by atoms with E-state index in [-0.39, 0.29) is 5.54 Å². The summed E-state index contributed by atoms with van der Waals surface area (Å²) in [5.41, 5.74) is 1.38. The van der Waals surface area contributed by atoms with Gasteiger partial charge in [-0.2, -0.15) is 0 Å². The van der Waals surface area contributed by atoms with Crippen LogP contribution in [0.2, 0.25) is 0 Å². The minimum atomic E-state index is -0.867. The maximum Gasteiger partial charge on any atom is 0.184 e. The molecule has 2 rings (SSSR count). The Morgan fingerprint density at radius 2 is 1.64 bits per heavy atom. The van der Waals surface area contributed by atoms with Gasteiger partial charge in [0.05, 0.1) is 11.3 Å². The van der Waals surface area contributed by atoms with Crippen LogP contribution in [-0.4, -0.2) is 15.6 Å². The second-order valence-electron chi connectivity index (χ2n) is 3.96. The molecule has 0 fully saturated rings. The standard InChI is InChI=1S/C11H11Cl2N/c1-10(2)11(12,13)9(14-10)8-6-4-3-5-7-8/h3-7H,1-2H3. The summed E-state index contributed by atoms with van der Waals surface area (Å²) < 4.78 is -0.867. The summed E-state index contributed by atoms with van der Waals surface area (Å²) in [5, 5.41) is 0. The number of halogens is 2. The monoisotopic (exact) mass is 227 g/mol. The van der Waals surface area contributed by atoms with Crippen molar-refractivity contribution < 1.29 is 0 Å². The maximum absolute atomic E-state index is 6.23. The van der Waals surface area contributed by atoms with Crippen molar-refractivity contribution in [3.8, 4) is 0 Å². The molecule has 0 saturated heterocycles. The number of hydrogen-bond acceptors (Lipinski definition) is 1. The van der Waals surface area contributed by atoms with Crippen LogP contribution in [-0.2, 0) is 0 Å². The number of rotatable bonds is 1. The highest BCUT2D eigenvalue weighted by Crippen LogP contribution is 2.47. The smallest absolute Gasteiger partial charge is 0.184 e. The van der Waals surface area contributed by atoms with E-state index in [0.717, 1.165) is 11.3 Å². The van der Waals surface area contributed by atoms with E-state index in [2.05, 4.69) is 4.99 Å². The molecule has 1 nitrogen and oxygen atoms in total. The van der Waals surface area contributed by atoms with Crippen LogP contribution < -0.4 is 0 Å². The number of alkyl halides is 2. The van der Waals surface area contributed by atoms with E-state index in [9.17, 15) is 0 Å². The Morgan fingerprint density at radius 1 is 1.07 bits per heavy atom. The van der Waals surface area contributed by atoms with Crippen molar-refractivity contribution in [3.63, 3.8) is 0 Å². The van der Waals surface area contributed by atoms with E-state index in [1.54, 1.807) is 0 Å². The van der Waals surface area contributed by atoms with Crippen LogP contribution in [0.4, 0.5) is 0 Å². The van der Waals surface area contributed by atoms with Gasteiger partial charge in [0, 0.05) is 0 Å². The molecule has 1 aliphatic heterocycles. The lowest BCUT2D eigenvalue weighted by Crippen LogP contribution is -2.55. The molecule has 1 aromatic rings. The van der Waals surface area contributed by atoms with E-state index in [4.69, 9.17) is 23.2 Å². The van der Waals surface area contributed by atoms with Gasteiger partial charge in [0.2, 0.25) is 0 Å². The van der Waals surface area contributed by atoms with Gasteiger partial charge in [-0.3, -0.25) is 4.99 Å². The zero-order valence-corrected chi connectivity index (χ0v) is 9.60. The van der Waals surface area contributed by atoms with Crippen LogP contribution >= 0.6 is 23.2 Å². The van der Waals surface area contributed by atoms with E-state index in [0.29, 0.717) is 0 Å². The van der Waals surface area contributed by atoms with Crippen molar-refractivity contribution >= 4 is 28.9 Å². The Balaban J connectivity index is 2.42. The van der Waals surface area contributed by atoms with Gasteiger partial charge in [0.25, 0.3) is 0 Å². The highest BCUT2D eigenvalue weighted by atomic mass is 35.5. The van der Waals surface area contributed by atoms with Gasteiger partial charge >= 0.3 is 0 Å². The predicted octanol–water partition coefficient (Wildman–Crippen LogP) is 3.44. The molecule has 74 valence electrons. The quantitative estimate of drug-likeness (QED) is 0.653. The van der Waals surface area contributed by atoms with E-state index in [1.807, 2.05) is 44.2 Å². The molecule has 0 aliphatic carbocycles. The second kappa shape index (κ2) is 2.98. The minimum Gasteiger partial charge on any atom is -0.276 e. The summed E-state index contributed by atoms with van der Waals surface area (Å²) in [4.78, 5) is 4.43. The van der Waals surface area contributed by atoms with Crippen LogP contribution in [0.15, 0.2) is 35.3 Å². The summed E-state index contributed by atoms with van der Waals surface area (Å²) in [6.45, 7) is 3.86. The lowest BCUT2D eigenvalue weighted by molar-refractivity contribution is 0.472. The van der Waals surface area contributed by atoms with E-state index < -0.39 is 4.33 Å². The molecule has 0 saturated carbocycles. The average Bonchev–Trinajstić information content (AvgIpc) is 2.16. The Kier molecular flexibility index (Phi) is 2.13. The Hall–Kier alpha value is -0.530. The van der Waals surface area contributed by atoms with Gasteiger partial charge in [-0.25, -0.2) is 0 Å². The number of hydrogen-bond donors (Lipinski definition) is 0. The molecule has 0 atom stereocenters. The molecule has 1 aromatic carbocycles. The van der Waals surface area contributed by atoms with Crippen LogP contribution in [0, 0.1) is 0 Å². The van der Waals surface area contributed by atoms with Gasteiger partial charge in [-0.1, -0.05) is 53.5 Å². The Bertz CT molecular complexity index is 380. The van der Waals surface area contributed by atoms with Crippen LogP contribution in [0.25, 0.3) is 0 Å². The van der Waals surface area contributed by atoms with Crippen molar-refractivity contribution in [1.82, 2.24) is 0 Å². The van der Waals surface area contributed by atoms with E-state index in [1.165, 1.54) is 0 Å².